The second-order valence-corrected chi connectivity index (χ2v) is 11.4. The first-order valence-corrected chi connectivity index (χ1v) is 12.2. The van der Waals surface area contributed by atoms with Crippen LogP contribution in [0.2, 0.25) is 0 Å². The van der Waals surface area contributed by atoms with Gasteiger partial charge in [-0.2, -0.15) is 0 Å². The fourth-order valence-corrected chi connectivity index (χ4v) is 9.66. The van der Waals surface area contributed by atoms with Crippen LogP contribution in [0.15, 0.2) is 23.8 Å². The number of ketones is 1. The van der Waals surface area contributed by atoms with Gasteiger partial charge in [-0.25, -0.2) is 4.79 Å². The van der Waals surface area contributed by atoms with E-state index in [1.165, 1.54) is 44.1 Å². The van der Waals surface area contributed by atoms with Crippen molar-refractivity contribution in [3.63, 3.8) is 0 Å². The zero-order chi connectivity index (χ0) is 19.5. The maximum absolute atomic E-state index is 12.2. The van der Waals surface area contributed by atoms with Crippen molar-refractivity contribution in [2.24, 2.45) is 52.8 Å². The van der Waals surface area contributed by atoms with Gasteiger partial charge in [0.1, 0.15) is 5.60 Å². The van der Waals surface area contributed by atoms with Gasteiger partial charge in [0.05, 0.1) is 0 Å². The van der Waals surface area contributed by atoms with E-state index in [1.807, 2.05) is 0 Å². The Morgan fingerprint density at radius 1 is 1.10 bits per heavy atom. The van der Waals surface area contributed by atoms with Crippen molar-refractivity contribution in [1.29, 1.82) is 0 Å². The maximum atomic E-state index is 12.2. The highest BCUT2D eigenvalue weighted by atomic mass is 16.6. The third-order valence-corrected chi connectivity index (χ3v) is 10.7. The van der Waals surface area contributed by atoms with Crippen molar-refractivity contribution in [1.82, 2.24) is 0 Å². The summed E-state index contributed by atoms with van der Waals surface area (Å²) in [7, 11) is 0. The van der Waals surface area contributed by atoms with Crippen LogP contribution in [-0.4, -0.2) is 17.4 Å². The molecular formula is C26H32O3. The monoisotopic (exact) mass is 392 g/mol. The van der Waals surface area contributed by atoms with Crippen LogP contribution in [0.5, 0.6) is 0 Å². The van der Waals surface area contributed by atoms with Crippen LogP contribution in [0, 0.1) is 52.8 Å². The van der Waals surface area contributed by atoms with Crippen LogP contribution in [0.25, 0.3) is 0 Å². The van der Waals surface area contributed by atoms with Crippen LogP contribution >= 0.6 is 0 Å². The van der Waals surface area contributed by atoms with Gasteiger partial charge in [-0.3, -0.25) is 4.79 Å². The SMILES string of the molecule is CC[C@]12CCC3C(C1[C@@H]1C[C@@H]1[C@@]21C=CC(=O)O1)[C@@H](C1CC1)CC1=CC(=O)CC[C@@H]13. The molecule has 1 aliphatic heterocycles. The number of carbonyl (C=O) groups is 2. The van der Waals surface area contributed by atoms with Crippen LogP contribution < -0.4 is 0 Å². The third-order valence-electron chi connectivity index (χ3n) is 10.7. The molecule has 29 heavy (non-hydrogen) atoms. The first-order valence-electron chi connectivity index (χ1n) is 12.2. The van der Waals surface area contributed by atoms with Crippen molar-refractivity contribution in [2.75, 3.05) is 0 Å². The van der Waals surface area contributed by atoms with Crippen LogP contribution in [0.3, 0.4) is 0 Å². The molecule has 0 amide bonds. The Hall–Kier alpha value is -1.38. The van der Waals surface area contributed by atoms with E-state index in [1.54, 1.807) is 6.08 Å². The molecule has 0 aromatic carbocycles. The molecule has 0 aromatic rings. The summed E-state index contributed by atoms with van der Waals surface area (Å²) >= 11 is 0. The lowest BCUT2D eigenvalue weighted by Crippen LogP contribution is -2.58. The summed E-state index contributed by atoms with van der Waals surface area (Å²) < 4.78 is 6.23. The molecule has 9 atom stereocenters. The number of carbonyl (C=O) groups excluding carboxylic acids is 2. The molecule has 154 valence electrons. The summed E-state index contributed by atoms with van der Waals surface area (Å²) in [4.78, 5) is 24.4. The van der Waals surface area contributed by atoms with Gasteiger partial charge in [0, 0.05) is 23.8 Å². The molecule has 0 N–H and O–H groups in total. The predicted molar refractivity (Wildman–Crippen MR) is 109 cm³/mol. The minimum absolute atomic E-state index is 0.107. The molecule has 0 aromatic heterocycles. The largest absolute Gasteiger partial charge is 0.451 e. The standard InChI is InChI=1S/C26H32O3/c1-2-25-9-7-18-17-6-5-16(27)11-15(17)12-19(14-3-4-14)23(18)24(25)20-13-21(20)26(25)10-8-22(28)29-26/h8,10-11,14,17-21,23-24H,2-7,9,12-13H2,1H3/t17-,18?,19+,20+,21-,23?,24?,25-,26-/m0/s1. The molecule has 0 saturated heterocycles. The molecule has 3 unspecified atom stereocenters. The van der Waals surface area contributed by atoms with Crippen molar-refractivity contribution < 1.29 is 14.3 Å². The van der Waals surface area contributed by atoms with Gasteiger partial charge < -0.3 is 4.74 Å². The lowest BCUT2D eigenvalue weighted by atomic mass is 9.45. The second kappa shape index (κ2) is 5.45. The highest BCUT2D eigenvalue weighted by molar-refractivity contribution is 5.91. The van der Waals surface area contributed by atoms with Gasteiger partial charge in [0.2, 0.25) is 0 Å². The Morgan fingerprint density at radius 2 is 1.97 bits per heavy atom. The van der Waals surface area contributed by atoms with Crippen LogP contribution in [0.4, 0.5) is 0 Å². The van der Waals surface area contributed by atoms with Gasteiger partial charge >= 0.3 is 5.97 Å². The van der Waals surface area contributed by atoms with Crippen molar-refractivity contribution in [3.8, 4) is 0 Å². The van der Waals surface area contributed by atoms with E-state index in [-0.39, 0.29) is 17.0 Å². The molecule has 6 aliphatic carbocycles. The molecule has 3 heteroatoms. The average molecular weight is 393 g/mol. The third kappa shape index (κ3) is 2.01. The molecular weight excluding hydrogens is 360 g/mol. The summed E-state index contributed by atoms with van der Waals surface area (Å²) in [6.45, 7) is 2.36. The minimum atomic E-state index is -0.300. The summed E-state index contributed by atoms with van der Waals surface area (Å²) in [6, 6.07) is 0. The van der Waals surface area contributed by atoms with Crippen LogP contribution in [-0.2, 0) is 14.3 Å². The molecule has 7 rings (SSSR count). The van der Waals surface area contributed by atoms with E-state index < -0.39 is 0 Å². The zero-order valence-electron chi connectivity index (χ0n) is 17.4. The van der Waals surface area contributed by atoms with E-state index in [2.05, 4.69) is 19.1 Å². The zero-order valence-corrected chi connectivity index (χ0v) is 17.4. The average Bonchev–Trinajstić information content (AvgIpc) is 3.64. The summed E-state index contributed by atoms with van der Waals surface area (Å²) in [5, 5.41) is 0. The molecule has 0 bridgehead atoms. The first kappa shape index (κ1) is 17.3. The van der Waals surface area contributed by atoms with Crippen molar-refractivity contribution in [2.45, 2.75) is 70.3 Å². The molecule has 5 fully saturated rings. The lowest BCUT2D eigenvalue weighted by Gasteiger charge is -2.60. The predicted octanol–water partition coefficient (Wildman–Crippen LogP) is 4.86. The van der Waals surface area contributed by atoms with Gasteiger partial charge in [-0.15, -0.1) is 0 Å². The molecule has 0 radical (unpaired) electrons. The fourth-order valence-electron chi connectivity index (χ4n) is 9.66. The molecule has 1 spiro atoms. The molecule has 3 nitrogen and oxygen atoms in total. The quantitative estimate of drug-likeness (QED) is 0.630. The number of ether oxygens (including phenoxy) is 1. The van der Waals surface area contributed by atoms with E-state index >= 15 is 0 Å². The fraction of sp³-hybridized carbons (Fsp3) is 0.769. The lowest BCUT2D eigenvalue weighted by molar-refractivity contribution is -0.175. The van der Waals surface area contributed by atoms with Crippen molar-refractivity contribution >= 4 is 11.8 Å². The smallest absolute Gasteiger partial charge is 0.331 e. The summed E-state index contributed by atoms with van der Waals surface area (Å²) in [5.41, 5.74) is 1.37. The van der Waals surface area contributed by atoms with Crippen molar-refractivity contribution in [3.05, 3.63) is 23.8 Å². The number of hydrogen-bond acceptors (Lipinski definition) is 3. The second-order valence-electron chi connectivity index (χ2n) is 11.4. The number of esters is 1. The minimum Gasteiger partial charge on any atom is -0.451 e. The summed E-state index contributed by atoms with van der Waals surface area (Å²) in [6.07, 6.45) is 16.6. The number of hydrogen-bond donors (Lipinski definition) is 0. The number of fused-ring (bicyclic) bond motifs is 9. The Kier molecular flexibility index (Phi) is 3.25. The highest BCUT2D eigenvalue weighted by Gasteiger charge is 2.79. The van der Waals surface area contributed by atoms with Crippen LogP contribution in [0.1, 0.15) is 64.7 Å². The molecule has 7 aliphatic rings. The van der Waals surface area contributed by atoms with Gasteiger partial charge in [-0.05, 0) is 105 Å². The summed E-state index contributed by atoms with van der Waals surface area (Å²) in [5.74, 6) is 6.15. The van der Waals surface area contributed by atoms with E-state index in [4.69, 9.17) is 4.74 Å². The van der Waals surface area contributed by atoms with E-state index in [0.717, 1.165) is 54.8 Å². The Morgan fingerprint density at radius 3 is 2.69 bits per heavy atom. The first-order chi connectivity index (χ1) is 14.1. The highest BCUT2D eigenvalue weighted by Crippen LogP contribution is 2.79. The molecule has 1 heterocycles. The van der Waals surface area contributed by atoms with E-state index in [0.29, 0.717) is 17.6 Å². The van der Waals surface area contributed by atoms with E-state index in [9.17, 15) is 9.59 Å². The molecule has 5 saturated carbocycles. The van der Waals surface area contributed by atoms with Gasteiger partial charge in [0.15, 0.2) is 5.78 Å². The Labute approximate surface area is 173 Å². The van der Waals surface area contributed by atoms with Gasteiger partial charge in [-0.1, -0.05) is 12.5 Å². The number of allylic oxidation sites excluding steroid dienone is 1. The Balaban J connectivity index is 1.34. The van der Waals surface area contributed by atoms with Gasteiger partial charge in [0.25, 0.3) is 0 Å². The number of rotatable bonds is 2. The maximum Gasteiger partial charge on any atom is 0.331 e. The normalized spacial score (nSPS) is 54.4. The topological polar surface area (TPSA) is 43.4 Å². The Bertz CT molecular complexity index is 865.